The molecule has 0 spiro atoms. The van der Waals surface area contributed by atoms with E-state index in [1.165, 1.54) is 0 Å². The lowest BCUT2D eigenvalue weighted by Gasteiger charge is -1.97. The third-order valence-electron chi connectivity index (χ3n) is 2.03. The van der Waals surface area contributed by atoms with Gasteiger partial charge in [-0.25, -0.2) is 4.98 Å². The number of nitrogens with zero attached hydrogens (tertiary/aromatic N) is 1. The fourth-order valence-electron chi connectivity index (χ4n) is 1.28. The molecule has 2 heteroatoms. The maximum atomic E-state index is 5.66. The number of oxazole rings is 1. The van der Waals surface area contributed by atoms with Gasteiger partial charge in [0.25, 0.3) is 0 Å². The normalized spacial score (nSPS) is 12.2. The largest absolute Gasteiger partial charge is 0.441 e. The zero-order valence-electron chi connectivity index (χ0n) is 9.29. The Hall–Kier alpha value is -1.31. The molecule has 0 unspecified atom stereocenters. The summed E-state index contributed by atoms with van der Waals surface area (Å²) in [4.78, 5) is 4.37. The average Bonchev–Trinajstić information content (AvgIpc) is 2.48. The molecule has 14 heavy (non-hydrogen) atoms. The molecule has 1 rings (SSSR count). The van der Waals surface area contributed by atoms with Gasteiger partial charge in [0.1, 0.15) is 0 Å². The van der Waals surface area contributed by atoms with Crippen LogP contribution in [-0.4, -0.2) is 4.98 Å². The lowest BCUT2D eigenvalue weighted by molar-refractivity contribution is 0.462. The molecule has 0 atom stereocenters. The lowest BCUT2D eigenvalue weighted by atomic mass is 10.2. The van der Waals surface area contributed by atoms with Crippen molar-refractivity contribution in [3.8, 4) is 0 Å². The summed E-state index contributed by atoms with van der Waals surface area (Å²) in [6.45, 7) is 11.8. The van der Waals surface area contributed by atoms with Crippen LogP contribution in [0.15, 0.2) is 23.1 Å². The monoisotopic (exact) mass is 191 g/mol. The number of aryl methyl sites for hydroxylation is 1. The van der Waals surface area contributed by atoms with Gasteiger partial charge in [-0.2, -0.15) is 0 Å². The Kier molecular flexibility index (Phi) is 3.28. The van der Waals surface area contributed by atoms with E-state index in [9.17, 15) is 0 Å². The third kappa shape index (κ3) is 2.13. The van der Waals surface area contributed by atoms with E-state index < -0.39 is 0 Å². The summed E-state index contributed by atoms with van der Waals surface area (Å²) >= 11 is 0. The van der Waals surface area contributed by atoms with Gasteiger partial charge in [-0.15, -0.1) is 0 Å². The molecule has 0 aliphatic heterocycles. The highest BCUT2D eigenvalue weighted by Crippen LogP contribution is 2.23. The average molecular weight is 191 g/mol. The molecule has 0 fully saturated rings. The van der Waals surface area contributed by atoms with Crippen LogP contribution in [0.5, 0.6) is 0 Å². The zero-order chi connectivity index (χ0) is 10.7. The Labute approximate surface area is 85.4 Å². The first-order valence-electron chi connectivity index (χ1n) is 4.83. The molecule has 0 aromatic carbocycles. The van der Waals surface area contributed by atoms with Crippen LogP contribution < -0.4 is 0 Å². The Balaban J connectivity index is 3.10. The van der Waals surface area contributed by atoms with Gasteiger partial charge in [0, 0.05) is 5.92 Å². The molecule has 0 aliphatic rings. The van der Waals surface area contributed by atoms with Crippen molar-refractivity contribution in [2.75, 3.05) is 0 Å². The van der Waals surface area contributed by atoms with E-state index >= 15 is 0 Å². The first kappa shape index (κ1) is 10.8. The van der Waals surface area contributed by atoms with Crippen LogP contribution in [-0.2, 0) is 0 Å². The molecular formula is C12H17NO. The zero-order valence-corrected chi connectivity index (χ0v) is 9.29. The number of hydrogen-bond donors (Lipinski definition) is 0. The second-order valence-corrected chi connectivity index (χ2v) is 3.71. The predicted molar refractivity (Wildman–Crippen MR) is 59.2 cm³/mol. The molecule has 0 saturated carbocycles. The molecule has 1 heterocycles. The fraction of sp³-hybridized carbons (Fsp3) is 0.417. The van der Waals surface area contributed by atoms with Crippen LogP contribution in [0.25, 0.3) is 5.57 Å². The van der Waals surface area contributed by atoms with E-state index in [1.807, 2.05) is 19.9 Å². The molecule has 0 aliphatic carbocycles. The van der Waals surface area contributed by atoms with E-state index in [-0.39, 0.29) is 0 Å². The Morgan fingerprint density at radius 1 is 1.50 bits per heavy atom. The van der Waals surface area contributed by atoms with Gasteiger partial charge in [0.15, 0.2) is 11.7 Å². The van der Waals surface area contributed by atoms with E-state index in [4.69, 9.17) is 4.42 Å². The predicted octanol–water partition coefficient (Wildman–Crippen LogP) is 3.70. The van der Waals surface area contributed by atoms with Crippen LogP contribution in [0.2, 0.25) is 0 Å². The maximum absolute atomic E-state index is 5.66. The van der Waals surface area contributed by atoms with Crippen molar-refractivity contribution in [3.63, 3.8) is 0 Å². The second kappa shape index (κ2) is 4.27. The molecular weight excluding hydrogens is 174 g/mol. The van der Waals surface area contributed by atoms with Gasteiger partial charge >= 0.3 is 0 Å². The first-order valence-corrected chi connectivity index (χ1v) is 4.83. The summed E-state index contributed by atoms with van der Waals surface area (Å²) in [6, 6.07) is 0. The van der Waals surface area contributed by atoms with Crippen LogP contribution in [0.1, 0.15) is 44.0 Å². The second-order valence-electron chi connectivity index (χ2n) is 3.71. The molecule has 76 valence electrons. The van der Waals surface area contributed by atoms with E-state index in [1.54, 1.807) is 6.08 Å². The summed E-state index contributed by atoms with van der Waals surface area (Å²) in [7, 11) is 0. The minimum absolute atomic E-state index is 0.332. The number of allylic oxidation sites excluding steroid dienone is 3. The van der Waals surface area contributed by atoms with Crippen molar-refractivity contribution in [1.29, 1.82) is 0 Å². The number of aromatic nitrogens is 1. The molecule has 0 amide bonds. The van der Waals surface area contributed by atoms with Crippen molar-refractivity contribution in [1.82, 2.24) is 4.98 Å². The minimum Gasteiger partial charge on any atom is -0.441 e. The number of rotatable bonds is 3. The third-order valence-corrected chi connectivity index (χ3v) is 2.03. The number of hydrogen-bond acceptors (Lipinski definition) is 2. The first-order chi connectivity index (χ1) is 6.56. The van der Waals surface area contributed by atoms with E-state index in [0.29, 0.717) is 5.92 Å². The summed E-state index contributed by atoms with van der Waals surface area (Å²) in [5.74, 6) is 2.00. The molecule has 0 N–H and O–H groups in total. The highest BCUT2D eigenvalue weighted by molar-refractivity contribution is 5.62. The van der Waals surface area contributed by atoms with Crippen LogP contribution in [0.4, 0.5) is 0 Å². The topological polar surface area (TPSA) is 26.0 Å². The highest BCUT2D eigenvalue weighted by atomic mass is 16.4. The fourth-order valence-corrected chi connectivity index (χ4v) is 1.28. The molecule has 1 aromatic rings. The van der Waals surface area contributed by atoms with Crippen molar-refractivity contribution in [3.05, 3.63) is 36.1 Å². The summed E-state index contributed by atoms with van der Waals surface area (Å²) < 4.78 is 5.66. The van der Waals surface area contributed by atoms with Gasteiger partial charge in [0.05, 0.1) is 5.69 Å². The molecule has 1 aromatic heterocycles. The smallest absolute Gasteiger partial charge is 0.197 e. The summed E-state index contributed by atoms with van der Waals surface area (Å²) in [5.41, 5.74) is 2.02. The van der Waals surface area contributed by atoms with Gasteiger partial charge < -0.3 is 4.42 Å². The van der Waals surface area contributed by atoms with Crippen LogP contribution >= 0.6 is 0 Å². The van der Waals surface area contributed by atoms with Crippen molar-refractivity contribution in [2.24, 2.45) is 0 Å². The molecule has 0 radical (unpaired) electrons. The maximum Gasteiger partial charge on any atom is 0.197 e. The summed E-state index contributed by atoms with van der Waals surface area (Å²) in [6.07, 6.45) is 3.68. The quantitative estimate of drug-likeness (QED) is 0.681. The standard InChI is InChI=1S/C12H17NO/c1-6-7-9(4)11-10(5)13-12(14-11)8(2)3/h6-8H,1H2,2-5H3/b9-7+. The van der Waals surface area contributed by atoms with Crippen LogP contribution in [0, 0.1) is 6.92 Å². The Morgan fingerprint density at radius 2 is 2.14 bits per heavy atom. The SMILES string of the molecule is C=C/C=C(\C)c1oc(C(C)C)nc1C. The van der Waals surface area contributed by atoms with Gasteiger partial charge in [-0.3, -0.25) is 0 Å². The van der Waals surface area contributed by atoms with E-state index in [0.717, 1.165) is 22.9 Å². The summed E-state index contributed by atoms with van der Waals surface area (Å²) in [5, 5.41) is 0. The van der Waals surface area contributed by atoms with Crippen molar-refractivity contribution < 1.29 is 4.42 Å². The van der Waals surface area contributed by atoms with E-state index in [2.05, 4.69) is 25.4 Å². The van der Waals surface area contributed by atoms with Crippen molar-refractivity contribution >= 4 is 5.57 Å². The minimum atomic E-state index is 0.332. The Morgan fingerprint density at radius 3 is 2.57 bits per heavy atom. The van der Waals surface area contributed by atoms with Crippen LogP contribution in [0.3, 0.4) is 0 Å². The Bertz CT molecular complexity index is 358. The molecule has 0 saturated heterocycles. The van der Waals surface area contributed by atoms with Crippen molar-refractivity contribution in [2.45, 2.75) is 33.6 Å². The van der Waals surface area contributed by atoms with Gasteiger partial charge in [-0.1, -0.05) is 32.6 Å². The highest BCUT2D eigenvalue weighted by Gasteiger charge is 2.12. The molecule has 0 bridgehead atoms. The molecule has 2 nitrogen and oxygen atoms in total. The van der Waals surface area contributed by atoms with Gasteiger partial charge in [-0.05, 0) is 19.4 Å². The lowest BCUT2D eigenvalue weighted by Crippen LogP contribution is -1.85. The van der Waals surface area contributed by atoms with Gasteiger partial charge in [0.2, 0.25) is 0 Å².